The number of aromatic nitrogens is 2. The highest BCUT2D eigenvalue weighted by Gasteiger charge is 2.34. The van der Waals surface area contributed by atoms with Crippen molar-refractivity contribution >= 4 is 5.82 Å². The van der Waals surface area contributed by atoms with E-state index in [-0.39, 0.29) is 0 Å². The second-order valence-electron chi connectivity index (χ2n) is 5.05. The first kappa shape index (κ1) is 13.1. The lowest BCUT2D eigenvalue weighted by atomic mass is 10.2. The Bertz CT molecular complexity index is 396. The maximum absolute atomic E-state index is 12.4. The molecule has 1 fully saturated rings. The molecule has 2 rings (SSSR count). The first-order valence-corrected chi connectivity index (χ1v) is 6.05. The summed E-state index contributed by atoms with van der Waals surface area (Å²) in [7, 11) is 0. The van der Waals surface area contributed by atoms with Crippen LogP contribution in [-0.4, -0.2) is 22.8 Å². The molecule has 1 heterocycles. The van der Waals surface area contributed by atoms with Crippen LogP contribution in [-0.2, 0) is 6.18 Å². The summed E-state index contributed by atoms with van der Waals surface area (Å²) in [6.45, 7) is 4.95. The van der Waals surface area contributed by atoms with Crippen LogP contribution >= 0.6 is 0 Å². The zero-order valence-electron chi connectivity index (χ0n) is 10.4. The highest BCUT2D eigenvalue weighted by atomic mass is 19.4. The molecule has 0 aliphatic heterocycles. The Morgan fingerprint density at radius 3 is 2.33 bits per heavy atom. The summed E-state index contributed by atoms with van der Waals surface area (Å²) in [6.07, 6.45) is -2.27. The normalized spacial score (nSPS) is 16.1. The molecule has 100 valence electrons. The molecule has 0 aromatic carbocycles. The van der Waals surface area contributed by atoms with Gasteiger partial charge in [-0.2, -0.15) is 13.2 Å². The molecule has 1 aliphatic rings. The van der Waals surface area contributed by atoms with Crippen molar-refractivity contribution in [2.75, 3.05) is 11.4 Å². The van der Waals surface area contributed by atoms with Crippen molar-refractivity contribution in [2.45, 2.75) is 38.9 Å². The minimum Gasteiger partial charge on any atom is -0.352 e. The molecule has 1 saturated carbocycles. The van der Waals surface area contributed by atoms with Crippen LogP contribution in [0, 0.1) is 5.92 Å². The monoisotopic (exact) mass is 259 g/mol. The molecule has 3 nitrogen and oxygen atoms in total. The Kier molecular flexibility index (Phi) is 3.45. The summed E-state index contributed by atoms with van der Waals surface area (Å²) < 4.78 is 37.2. The molecule has 0 radical (unpaired) electrons. The standard InChI is InChI=1S/C12H16F3N3/c1-8(2)7-18(9-3-4-9)11-6-5-10(16-17-11)12(13,14)15/h5-6,8-9H,3-4,7H2,1-2H3. The number of anilines is 1. The molecule has 0 spiro atoms. The maximum atomic E-state index is 12.4. The van der Waals surface area contributed by atoms with Gasteiger partial charge in [-0.15, -0.1) is 10.2 Å². The number of halogens is 3. The zero-order chi connectivity index (χ0) is 13.3. The van der Waals surface area contributed by atoms with Gasteiger partial charge in [0, 0.05) is 12.6 Å². The van der Waals surface area contributed by atoms with E-state index in [1.807, 2.05) is 0 Å². The number of hydrogen-bond acceptors (Lipinski definition) is 3. The van der Waals surface area contributed by atoms with E-state index in [4.69, 9.17) is 0 Å². The number of hydrogen-bond donors (Lipinski definition) is 0. The third kappa shape index (κ3) is 3.11. The summed E-state index contributed by atoms with van der Waals surface area (Å²) >= 11 is 0. The Hall–Kier alpha value is -1.33. The van der Waals surface area contributed by atoms with E-state index in [2.05, 4.69) is 28.9 Å². The molecule has 0 saturated heterocycles. The van der Waals surface area contributed by atoms with Crippen LogP contribution in [0.4, 0.5) is 19.0 Å². The molecule has 18 heavy (non-hydrogen) atoms. The molecule has 1 aliphatic carbocycles. The van der Waals surface area contributed by atoms with Crippen LogP contribution in [0.25, 0.3) is 0 Å². The lowest BCUT2D eigenvalue weighted by Gasteiger charge is -2.25. The van der Waals surface area contributed by atoms with Crippen LogP contribution < -0.4 is 4.90 Å². The number of nitrogens with zero attached hydrogens (tertiary/aromatic N) is 3. The van der Waals surface area contributed by atoms with Crippen LogP contribution in [0.1, 0.15) is 32.4 Å². The van der Waals surface area contributed by atoms with Crippen molar-refractivity contribution in [3.63, 3.8) is 0 Å². The van der Waals surface area contributed by atoms with E-state index in [9.17, 15) is 13.2 Å². The minimum absolute atomic E-state index is 0.415. The van der Waals surface area contributed by atoms with Crippen molar-refractivity contribution < 1.29 is 13.2 Å². The van der Waals surface area contributed by atoms with Crippen molar-refractivity contribution in [1.29, 1.82) is 0 Å². The van der Waals surface area contributed by atoms with Gasteiger partial charge in [0.25, 0.3) is 0 Å². The molecule has 1 aromatic rings. The second-order valence-corrected chi connectivity index (χ2v) is 5.05. The lowest BCUT2D eigenvalue weighted by Crippen LogP contribution is -2.31. The first-order chi connectivity index (χ1) is 8.38. The van der Waals surface area contributed by atoms with E-state index in [1.54, 1.807) is 0 Å². The maximum Gasteiger partial charge on any atom is 0.435 e. The van der Waals surface area contributed by atoms with Gasteiger partial charge in [0.2, 0.25) is 0 Å². The summed E-state index contributed by atoms with van der Waals surface area (Å²) in [6, 6.07) is 2.83. The van der Waals surface area contributed by atoms with Gasteiger partial charge in [0.15, 0.2) is 11.5 Å². The van der Waals surface area contributed by atoms with Crippen LogP contribution in [0.3, 0.4) is 0 Å². The van der Waals surface area contributed by atoms with Crippen molar-refractivity contribution in [3.05, 3.63) is 17.8 Å². The van der Waals surface area contributed by atoms with Crippen molar-refractivity contribution in [1.82, 2.24) is 10.2 Å². The predicted octanol–water partition coefficient (Wildman–Crippen LogP) is 3.12. The van der Waals surface area contributed by atoms with Crippen LogP contribution in [0.2, 0.25) is 0 Å². The molecule has 0 amide bonds. The van der Waals surface area contributed by atoms with E-state index >= 15 is 0 Å². The fourth-order valence-electron chi connectivity index (χ4n) is 1.84. The van der Waals surface area contributed by atoms with Gasteiger partial charge in [-0.25, -0.2) is 0 Å². The average molecular weight is 259 g/mol. The van der Waals surface area contributed by atoms with Crippen molar-refractivity contribution in [2.24, 2.45) is 5.92 Å². The first-order valence-electron chi connectivity index (χ1n) is 6.05. The van der Waals surface area contributed by atoms with Gasteiger partial charge in [-0.3, -0.25) is 0 Å². The minimum atomic E-state index is -4.42. The van der Waals surface area contributed by atoms with Gasteiger partial charge in [0.05, 0.1) is 0 Å². The summed E-state index contributed by atoms with van der Waals surface area (Å²) in [4.78, 5) is 2.05. The lowest BCUT2D eigenvalue weighted by molar-refractivity contribution is -0.141. The third-order valence-corrected chi connectivity index (χ3v) is 2.78. The van der Waals surface area contributed by atoms with Crippen molar-refractivity contribution in [3.8, 4) is 0 Å². The van der Waals surface area contributed by atoms with E-state index in [1.165, 1.54) is 6.07 Å². The highest BCUT2D eigenvalue weighted by molar-refractivity contribution is 5.40. The summed E-state index contributed by atoms with van der Waals surface area (Å²) in [5.41, 5.74) is -0.938. The van der Waals surface area contributed by atoms with E-state index < -0.39 is 11.9 Å². The fraction of sp³-hybridized carbons (Fsp3) is 0.667. The Balaban J connectivity index is 2.16. The van der Waals surface area contributed by atoms with Crippen LogP contribution in [0.15, 0.2) is 12.1 Å². The van der Waals surface area contributed by atoms with E-state index in [0.717, 1.165) is 25.5 Å². The Morgan fingerprint density at radius 2 is 1.94 bits per heavy atom. The molecule has 0 atom stereocenters. The van der Waals surface area contributed by atoms with Gasteiger partial charge in [0.1, 0.15) is 0 Å². The zero-order valence-corrected chi connectivity index (χ0v) is 10.4. The van der Waals surface area contributed by atoms with Gasteiger partial charge < -0.3 is 4.90 Å². The second kappa shape index (κ2) is 4.74. The average Bonchev–Trinajstić information content (AvgIpc) is 3.08. The SMILES string of the molecule is CC(C)CN(c1ccc(C(F)(F)F)nn1)C1CC1. The largest absolute Gasteiger partial charge is 0.435 e. The smallest absolute Gasteiger partial charge is 0.352 e. The van der Waals surface area contributed by atoms with Crippen LogP contribution in [0.5, 0.6) is 0 Å². The molecular formula is C12H16F3N3. The third-order valence-electron chi connectivity index (χ3n) is 2.78. The van der Waals surface area contributed by atoms with Gasteiger partial charge in [-0.05, 0) is 30.9 Å². The summed E-state index contributed by atoms with van der Waals surface area (Å²) in [5, 5.41) is 6.99. The molecule has 0 unspecified atom stereocenters. The van der Waals surface area contributed by atoms with E-state index in [0.29, 0.717) is 17.8 Å². The molecule has 0 N–H and O–H groups in total. The summed E-state index contributed by atoms with van der Waals surface area (Å²) in [5.74, 6) is 0.980. The Morgan fingerprint density at radius 1 is 1.28 bits per heavy atom. The quantitative estimate of drug-likeness (QED) is 0.832. The fourth-order valence-corrected chi connectivity index (χ4v) is 1.84. The molecular weight excluding hydrogens is 243 g/mol. The Labute approximate surface area is 104 Å². The number of alkyl halides is 3. The predicted molar refractivity (Wildman–Crippen MR) is 62.2 cm³/mol. The highest BCUT2D eigenvalue weighted by Crippen LogP contribution is 2.32. The molecule has 1 aromatic heterocycles. The number of rotatable bonds is 4. The van der Waals surface area contributed by atoms with Gasteiger partial charge in [-0.1, -0.05) is 13.8 Å². The van der Waals surface area contributed by atoms with Gasteiger partial charge >= 0.3 is 6.18 Å². The topological polar surface area (TPSA) is 29.0 Å². The molecule has 0 bridgehead atoms. The molecule has 6 heteroatoms.